The third-order valence-corrected chi connectivity index (χ3v) is 3.26. The Balaban J connectivity index is 2.04. The van der Waals surface area contributed by atoms with Gasteiger partial charge in [-0.15, -0.1) is 0 Å². The van der Waals surface area contributed by atoms with Crippen molar-refractivity contribution in [3.05, 3.63) is 30.3 Å². The van der Waals surface area contributed by atoms with E-state index in [4.69, 9.17) is 0 Å². The van der Waals surface area contributed by atoms with Gasteiger partial charge in [0.2, 0.25) is 5.91 Å². The number of carbonyl (C=O) groups is 2. The fraction of sp³-hybridized carbons (Fsp3) is 0.429. The van der Waals surface area contributed by atoms with E-state index in [2.05, 4.69) is 5.32 Å². The summed E-state index contributed by atoms with van der Waals surface area (Å²) in [6.45, 7) is 0.628. The highest BCUT2D eigenvalue weighted by molar-refractivity contribution is 5.94. The Bertz CT molecular complexity index is 459. The zero-order chi connectivity index (χ0) is 13.8. The molecule has 1 fully saturated rings. The summed E-state index contributed by atoms with van der Waals surface area (Å²) in [5, 5.41) is 2.82. The topological polar surface area (TPSA) is 52.7 Å². The van der Waals surface area contributed by atoms with Crippen LogP contribution < -0.4 is 5.32 Å². The van der Waals surface area contributed by atoms with Crippen LogP contribution in [0.15, 0.2) is 30.3 Å². The minimum Gasteiger partial charge on any atom is -0.347 e. The molecular formula is C14H19N3O2. The van der Waals surface area contributed by atoms with Gasteiger partial charge in [0.15, 0.2) is 0 Å². The Kier molecular flexibility index (Phi) is 4.04. The molecule has 1 aromatic carbocycles. The van der Waals surface area contributed by atoms with Gasteiger partial charge in [-0.2, -0.15) is 0 Å². The van der Waals surface area contributed by atoms with E-state index in [1.54, 1.807) is 23.9 Å². The third-order valence-electron chi connectivity index (χ3n) is 3.26. The molecule has 3 amide bonds. The second kappa shape index (κ2) is 5.73. The van der Waals surface area contributed by atoms with Crippen molar-refractivity contribution in [3.8, 4) is 0 Å². The Morgan fingerprint density at radius 3 is 2.58 bits per heavy atom. The van der Waals surface area contributed by atoms with Crippen LogP contribution in [0.4, 0.5) is 10.5 Å². The first-order valence-corrected chi connectivity index (χ1v) is 6.43. The molecule has 0 aromatic heterocycles. The molecule has 1 atom stereocenters. The number of benzene rings is 1. The van der Waals surface area contributed by atoms with Crippen molar-refractivity contribution in [3.63, 3.8) is 0 Å². The number of hydrogen-bond acceptors (Lipinski definition) is 2. The standard InChI is InChI=1S/C14H19N3O2/c1-16(2)13(18)12-9-6-10-17(12)14(19)15-11-7-4-3-5-8-11/h3-5,7-8,12H,6,9-10H2,1-2H3,(H,15,19)/t12-/m0/s1. The van der Waals surface area contributed by atoms with Crippen LogP contribution in [0.1, 0.15) is 12.8 Å². The Labute approximate surface area is 113 Å². The highest BCUT2D eigenvalue weighted by atomic mass is 16.2. The number of urea groups is 1. The minimum atomic E-state index is -0.335. The second-order valence-corrected chi connectivity index (χ2v) is 4.88. The highest BCUT2D eigenvalue weighted by Gasteiger charge is 2.34. The molecule has 2 rings (SSSR count). The van der Waals surface area contributed by atoms with Crippen LogP contribution in [-0.2, 0) is 4.79 Å². The minimum absolute atomic E-state index is 0.0132. The monoisotopic (exact) mass is 261 g/mol. The van der Waals surface area contributed by atoms with E-state index in [1.807, 2.05) is 30.3 Å². The first kappa shape index (κ1) is 13.4. The van der Waals surface area contributed by atoms with Gasteiger partial charge in [0.1, 0.15) is 6.04 Å². The van der Waals surface area contributed by atoms with Gasteiger partial charge >= 0.3 is 6.03 Å². The normalized spacial score (nSPS) is 18.2. The van der Waals surface area contributed by atoms with E-state index in [1.165, 1.54) is 0 Å². The molecule has 0 bridgehead atoms. The predicted octanol–water partition coefficient (Wildman–Crippen LogP) is 1.77. The molecule has 0 unspecified atom stereocenters. The van der Waals surface area contributed by atoms with Gasteiger partial charge in [-0.1, -0.05) is 18.2 Å². The largest absolute Gasteiger partial charge is 0.347 e. The van der Waals surface area contributed by atoms with Crippen molar-refractivity contribution in [2.24, 2.45) is 0 Å². The molecule has 0 radical (unpaired) electrons. The van der Waals surface area contributed by atoms with Crippen molar-refractivity contribution in [1.29, 1.82) is 0 Å². The zero-order valence-electron chi connectivity index (χ0n) is 11.3. The molecule has 19 heavy (non-hydrogen) atoms. The van der Waals surface area contributed by atoms with E-state index >= 15 is 0 Å². The molecule has 0 spiro atoms. The van der Waals surface area contributed by atoms with Crippen LogP contribution in [0.2, 0.25) is 0 Å². The van der Waals surface area contributed by atoms with Crippen molar-refractivity contribution < 1.29 is 9.59 Å². The molecule has 1 aliphatic rings. The maximum Gasteiger partial charge on any atom is 0.322 e. The van der Waals surface area contributed by atoms with Crippen LogP contribution in [0.25, 0.3) is 0 Å². The molecule has 0 aliphatic carbocycles. The maximum atomic E-state index is 12.2. The quantitative estimate of drug-likeness (QED) is 0.882. The van der Waals surface area contributed by atoms with Gasteiger partial charge in [-0.05, 0) is 25.0 Å². The number of anilines is 1. The summed E-state index contributed by atoms with van der Waals surface area (Å²) >= 11 is 0. The maximum absolute atomic E-state index is 12.2. The number of rotatable bonds is 2. The molecule has 5 heteroatoms. The van der Waals surface area contributed by atoms with Crippen LogP contribution in [0, 0.1) is 0 Å². The van der Waals surface area contributed by atoms with E-state index in [0.29, 0.717) is 6.54 Å². The molecular weight excluding hydrogens is 242 g/mol. The average molecular weight is 261 g/mol. The average Bonchev–Trinajstić information content (AvgIpc) is 2.88. The molecule has 5 nitrogen and oxygen atoms in total. The summed E-state index contributed by atoms with van der Waals surface area (Å²) in [5.74, 6) is -0.0132. The number of likely N-dealkylation sites (tertiary alicyclic amines) is 1. The lowest BCUT2D eigenvalue weighted by Gasteiger charge is -2.26. The van der Waals surface area contributed by atoms with Gasteiger partial charge in [-0.3, -0.25) is 4.79 Å². The number of hydrogen-bond donors (Lipinski definition) is 1. The zero-order valence-corrected chi connectivity index (χ0v) is 11.3. The lowest BCUT2D eigenvalue weighted by molar-refractivity contribution is -0.132. The Morgan fingerprint density at radius 2 is 1.95 bits per heavy atom. The lowest BCUT2D eigenvalue weighted by Crippen LogP contribution is -2.47. The van der Waals surface area contributed by atoms with Crippen LogP contribution >= 0.6 is 0 Å². The van der Waals surface area contributed by atoms with Crippen molar-refractivity contribution >= 4 is 17.6 Å². The van der Waals surface area contributed by atoms with Gasteiger partial charge in [0.25, 0.3) is 0 Å². The summed E-state index contributed by atoms with van der Waals surface area (Å²) in [5.41, 5.74) is 0.746. The van der Waals surface area contributed by atoms with Gasteiger partial charge in [-0.25, -0.2) is 4.79 Å². The van der Waals surface area contributed by atoms with Crippen molar-refractivity contribution in [2.75, 3.05) is 26.0 Å². The predicted molar refractivity (Wildman–Crippen MR) is 73.9 cm³/mol. The SMILES string of the molecule is CN(C)C(=O)[C@@H]1CCCN1C(=O)Nc1ccccc1. The number of nitrogens with one attached hydrogen (secondary N) is 1. The summed E-state index contributed by atoms with van der Waals surface area (Å²) < 4.78 is 0. The number of amides is 3. The Morgan fingerprint density at radius 1 is 1.26 bits per heavy atom. The first-order valence-electron chi connectivity index (χ1n) is 6.43. The summed E-state index contributed by atoms with van der Waals surface area (Å²) in [4.78, 5) is 27.4. The van der Waals surface area contributed by atoms with Crippen molar-refractivity contribution in [1.82, 2.24) is 9.80 Å². The van der Waals surface area contributed by atoms with Crippen LogP contribution in [0.3, 0.4) is 0 Å². The van der Waals surface area contributed by atoms with Crippen molar-refractivity contribution in [2.45, 2.75) is 18.9 Å². The number of nitrogens with zero attached hydrogens (tertiary/aromatic N) is 2. The summed E-state index contributed by atoms with van der Waals surface area (Å²) in [7, 11) is 3.43. The Hall–Kier alpha value is -2.04. The van der Waals surface area contributed by atoms with Gasteiger partial charge in [0, 0.05) is 26.3 Å². The number of carbonyl (C=O) groups excluding carboxylic acids is 2. The molecule has 1 saturated heterocycles. The molecule has 102 valence electrons. The molecule has 1 heterocycles. The lowest BCUT2D eigenvalue weighted by atomic mass is 10.2. The van der Waals surface area contributed by atoms with E-state index < -0.39 is 0 Å². The fourth-order valence-electron chi connectivity index (χ4n) is 2.28. The number of likely N-dealkylation sites (N-methyl/N-ethyl adjacent to an activating group) is 1. The molecule has 0 saturated carbocycles. The smallest absolute Gasteiger partial charge is 0.322 e. The molecule has 1 N–H and O–H groups in total. The molecule has 1 aliphatic heterocycles. The summed E-state index contributed by atoms with van der Waals surface area (Å²) in [6.07, 6.45) is 1.60. The highest BCUT2D eigenvalue weighted by Crippen LogP contribution is 2.20. The van der Waals surface area contributed by atoms with E-state index in [0.717, 1.165) is 18.5 Å². The molecule has 1 aromatic rings. The first-order chi connectivity index (χ1) is 9.09. The fourth-order valence-corrected chi connectivity index (χ4v) is 2.28. The van der Waals surface area contributed by atoms with Gasteiger partial charge in [0.05, 0.1) is 0 Å². The van der Waals surface area contributed by atoms with Crippen LogP contribution in [0.5, 0.6) is 0 Å². The van der Waals surface area contributed by atoms with Gasteiger partial charge < -0.3 is 15.1 Å². The summed E-state index contributed by atoms with van der Waals surface area (Å²) in [6, 6.07) is 8.74. The second-order valence-electron chi connectivity index (χ2n) is 4.88. The van der Waals surface area contributed by atoms with E-state index in [-0.39, 0.29) is 18.0 Å². The van der Waals surface area contributed by atoms with Crippen LogP contribution in [-0.4, -0.2) is 48.4 Å². The third kappa shape index (κ3) is 3.05. The number of para-hydroxylation sites is 1. The van der Waals surface area contributed by atoms with E-state index in [9.17, 15) is 9.59 Å².